The second-order valence-corrected chi connectivity index (χ2v) is 3.96. The van der Waals surface area contributed by atoms with Crippen LogP contribution in [0.4, 0.5) is 4.39 Å². The van der Waals surface area contributed by atoms with Crippen LogP contribution in [0.3, 0.4) is 0 Å². The van der Waals surface area contributed by atoms with E-state index in [9.17, 15) is 4.39 Å². The number of hydrogen-bond acceptors (Lipinski definition) is 1. The Balaban J connectivity index is 0.00000144. The maximum atomic E-state index is 13.1. The van der Waals surface area contributed by atoms with E-state index in [1.54, 1.807) is 0 Å². The maximum Gasteiger partial charge on any atom is 0.123 e. The van der Waals surface area contributed by atoms with E-state index in [4.69, 9.17) is 17.3 Å². The van der Waals surface area contributed by atoms with Gasteiger partial charge in [-0.2, -0.15) is 0 Å². The Morgan fingerprint density at radius 1 is 1.06 bits per heavy atom. The molecule has 0 heterocycles. The molecule has 2 aromatic carbocycles. The zero-order valence-corrected chi connectivity index (χ0v) is 10.5. The SMILES string of the molecule is Cl.NC(c1ccccc1)c1cc(F)ccc1Cl. The fourth-order valence-corrected chi connectivity index (χ4v) is 1.83. The minimum atomic E-state index is -0.399. The molecule has 0 aromatic heterocycles. The van der Waals surface area contributed by atoms with Crippen LogP contribution in [0.1, 0.15) is 17.2 Å². The molecule has 0 saturated carbocycles. The van der Waals surface area contributed by atoms with Gasteiger partial charge in [-0.15, -0.1) is 12.4 Å². The van der Waals surface area contributed by atoms with Gasteiger partial charge in [-0.3, -0.25) is 0 Å². The van der Waals surface area contributed by atoms with Crippen LogP contribution in [-0.2, 0) is 0 Å². The standard InChI is InChI=1S/C13H11ClFN.ClH/c14-12-7-6-10(15)8-11(12)13(16)9-4-2-1-3-5-9;/h1-8,13H,16H2;1H. The Kier molecular flexibility index (Phi) is 4.94. The number of halogens is 3. The van der Waals surface area contributed by atoms with Crippen molar-refractivity contribution in [2.45, 2.75) is 6.04 Å². The smallest absolute Gasteiger partial charge is 0.123 e. The monoisotopic (exact) mass is 271 g/mol. The molecule has 0 bridgehead atoms. The molecule has 0 aliphatic carbocycles. The Morgan fingerprint density at radius 3 is 2.35 bits per heavy atom. The van der Waals surface area contributed by atoms with E-state index in [1.165, 1.54) is 18.2 Å². The third kappa shape index (κ3) is 3.19. The van der Waals surface area contributed by atoms with Crippen molar-refractivity contribution in [2.75, 3.05) is 0 Å². The van der Waals surface area contributed by atoms with E-state index in [-0.39, 0.29) is 18.2 Å². The van der Waals surface area contributed by atoms with Gasteiger partial charge in [0, 0.05) is 5.02 Å². The molecule has 0 fully saturated rings. The number of rotatable bonds is 2. The Bertz CT molecular complexity index is 488. The third-order valence-corrected chi connectivity index (χ3v) is 2.80. The largest absolute Gasteiger partial charge is 0.320 e. The van der Waals surface area contributed by atoms with Crippen LogP contribution >= 0.6 is 24.0 Å². The van der Waals surface area contributed by atoms with Crippen molar-refractivity contribution in [1.29, 1.82) is 0 Å². The highest BCUT2D eigenvalue weighted by Gasteiger charge is 2.12. The van der Waals surface area contributed by atoms with Gasteiger partial charge in [-0.25, -0.2) is 4.39 Å². The van der Waals surface area contributed by atoms with Crippen LogP contribution in [0.2, 0.25) is 5.02 Å². The summed E-state index contributed by atoms with van der Waals surface area (Å²) >= 11 is 5.99. The Hall–Kier alpha value is -1.09. The van der Waals surface area contributed by atoms with Gasteiger partial charge >= 0.3 is 0 Å². The summed E-state index contributed by atoms with van der Waals surface area (Å²) in [5.41, 5.74) is 7.55. The molecule has 0 spiro atoms. The second kappa shape index (κ2) is 6.01. The lowest BCUT2D eigenvalue weighted by molar-refractivity contribution is 0.623. The van der Waals surface area contributed by atoms with Crippen molar-refractivity contribution in [2.24, 2.45) is 5.73 Å². The Morgan fingerprint density at radius 2 is 1.71 bits per heavy atom. The highest BCUT2D eigenvalue weighted by molar-refractivity contribution is 6.31. The first-order chi connectivity index (χ1) is 7.68. The molecule has 2 rings (SSSR count). The minimum Gasteiger partial charge on any atom is -0.320 e. The molecule has 90 valence electrons. The van der Waals surface area contributed by atoms with Crippen molar-refractivity contribution < 1.29 is 4.39 Å². The van der Waals surface area contributed by atoms with Gasteiger partial charge in [0.05, 0.1) is 6.04 Å². The molecule has 0 aliphatic rings. The first-order valence-electron chi connectivity index (χ1n) is 4.94. The molecule has 17 heavy (non-hydrogen) atoms. The summed E-state index contributed by atoms with van der Waals surface area (Å²) in [5, 5.41) is 0.484. The van der Waals surface area contributed by atoms with Crippen LogP contribution in [0.15, 0.2) is 48.5 Å². The average molecular weight is 272 g/mol. The summed E-state index contributed by atoms with van der Waals surface area (Å²) in [6.07, 6.45) is 0. The van der Waals surface area contributed by atoms with Crippen LogP contribution in [0.25, 0.3) is 0 Å². The molecule has 1 unspecified atom stereocenters. The molecule has 1 nitrogen and oxygen atoms in total. The lowest BCUT2D eigenvalue weighted by Crippen LogP contribution is -2.12. The van der Waals surface area contributed by atoms with E-state index >= 15 is 0 Å². The van der Waals surface area contributed by atoms with Crippen LogP contribution < -0.4 is 5.73 Å². The first kappa shape index (κ1) is 14.0. The second-order valence-electron chi connectivity index (χ2n) is 3.55. The van der Waals surface area contributed by atoms with Crippen molar-refractivity contribution in [1.82, 2.24) is 0 Å². The number of hydrogen-bond donors (Lipinski definition) is 1. The lowest BCUT2D eigenvalue weighted by Gasteiger charge is -2.14. The topological polar surface area (TPSA) is 26.0 Å². The zero-order chi connectivity index (χ0) is 11.5. The third-order valence-electron chi connectivity index (χ3n) is 2.45. The quantitative estimate of drug-likeness (QED) is 0.880. The van der Waals surface area contributed by atoms with E-state index in [2.05, 4.69) is 0 Å². The summed E-state index contributed by atoms with van der Waals surface area (Å²) in [6.45, 7) is 0. The maximum absolute atomic E-state index is 13.1. The normalized spacial score (nSPS) is 11.7. The lowest BCUT2D eigenvalue weighted by atomic mass is 10.00. The molecule has 0 saturated heterocycles. The average Bonchev–Trinajstić information content (AvgIpc) is 2.32. The molecule has 0 aliphatic heterocycles. The Labute approximate surface area is 111 Å². The minimum absolute atomic E-state index is 0. The summed E-state index contributed by atoms with van der Waals surface area (Å²) < 4.78 is 13.1. The number of benzene rings is 2. The predicted molar refractivity (Wildman–Crippen MR) is 71.1 cm³/mol. The molecule has 2 aromatic rings. The van der Waals surface area contributed by atoms with Gasteiger partial charge in [-0.05, 0) is 29.3 Å². The fourth-order valence-electron chi connectivity index (χ4n) is 1.59. The molecule has 0 amide bonds. The van der Waals surface area contributed by atoms with E-state index in [0.717, 1.165) is 5.56 Å². The van der Waals surface area contributed by atoms with E-state index in [0.29, 0.717) is 10.6 Å². The zero-order valence-electron chi connectivity index (χ0n) is 8.94. The van der Waals surface area contributed by atoms with Crippen molar-refractivity contribution >= 4 is 24.0 Å². The summed E-state index contributed by atoms with van der Waals surface area (Å²) in [4.78, 5) is 0. The van der Waals surface area contributed by atoms with Crippen LogP contribution in [0.5, 0.6) is 0 Å². The van der Waals surface area contributed by atoms with Gasteiger partial charge in [0.1, 0.15) is 5.82 Å². The van der Waals surface area contributed by atoms with Gasteiger partial charge < -0.3 is 5.73 Å². The van der Waals surface area contributed by atoms with Gasteiger partial charge in [0.25, 0.3) is 0 Å². The van der Waals surface area contributed by atoms with Crippen molar-refractivity contribution in [3.8, 4) is 0 Å². The molecular formula is C13H12Cl2FN. The van der Waals surface area contributed by atoms with Crippen molar-refractivity contribution in [3.05, 3.63) is 70.5 Å². The number of nitrogens with two attached hydrogens (primary N) is 1. The highest BCUT2D eigenvalue weighted by Crippen LogP contribution is 2.26. The van der Waals surface area contributed by atoms with Gasteiger partial charge in [-0.1, -0.05) is 41.9 Å². The van der Waals surface area contributed by atoms with E-state index < -0.39 is 6.04 Å². The van der Waals surface area contributed by atoms with Crippen LogP contribution in [-0.4, -0.2) is 0 Å². The first-order valence-corrected chi connectivity index (χ1v) is 5.32. The molecule has 4 heteroatoms. The van der Waals surface area contributed by atoms with Gasteiger partial charge in [0.2, 0.25) is 0 Å². The summed E-state index contributed by atoms with van der Waals surface area (Å²) in [5.74, 6) is -0.328. The predicted octanol–water partition coefficient (Wildman–Crippen LogP) is 3.95. The highest BCUT2D eigenvalue weighted by atomic mass is 35.5. The van der Waals surface area contributed by atoms with E-state index in [1.807, 2.05) is 30.3 Å². The summed E-state index contributed by atoms with van der Waals surface area (Å²) in [7, 11) is 0. The molecule has 0 radical (unpaired) electrons. The van der Waals surface area contributed by atoms with Gasteiger partial charge in [0.15, 0.2) is 0 Å². The fraction of sp³-hybridized carbons (Fsp3) is 0.0769. The van der Waals surface area contributed by atoms with Crippen molar-refractivity contribution in [3.63, 3.8) is 0 Å². The molecule has 1 atom stereocenters. The summed E-state index contributed by atoms with van der Waals surface area (Å²) in [6, 6.07) is 13.3. The van der Waals surface area contributed by atoms with Crippen LogP contribution in [0, 0.1) is 5.82 Å². The molecule has 2 N–H and O–H groups in total. The molecular weight excluding hydrogens is 260 g/mol.